The van der Waals surface area contributed by atoms with Crippen LogP contribution in [0.15, 0.2) is 0 Å². The van der Waals surface area contributed by atoms with Gasteiger partial charge in [0.2, 0.25) is 5.91 Å². The predicted octanol–water partition coefficient (Wildman–Crippen LogP) is 0.0469. The van der Waals surface area contributed by atoms with E-state index in [4.69, 9.17) is 14.6 Å². The molecule has 7 heteroatoms. The van der Waals surface area contributed by atoms with E-state index < -0.39 is 5.97 Å². The Balaban J connectivity index is 2.30. The van der Waals surface area contributed by atoms with Crippen molar-refractivity contribution in [1.29, 1.82) is 0 Å². The molecule has 0 spiro atoms. The minimum atomic E-state index is -0.870. The first-order valence-corrected chi connectivity index (χ1v) is 7.40. The van der Waals surface area contributed by atoms with Crippen molar-refractivity contribution in [2.75, 3.05) is 53.0 Å². The van der Waals surface area contributed by atoms with Gasteiger partial charge in [0.1, 0.15) is 6.61 Å². The van der Waals surface area contributed by atoms with Crippen LogP contribution in [0.5, 0.6) is 0 Å². The second-order valence-electron chi connectivity index (χ2n) is 5.33. The number of amides is 1. The number of nitrogens with zero attached hydrogens (tertiary/aromatic N) is 2. The lowest BCUT2D eigenvalue weighted by Crippen LogP contribution is -2.50. The zero-order valence-electron chi connectivity index (χ0n) is 12.9. The molecule has 0 radical (unpaired) electrons. The third-order valence-electron chi connectivity index (χ3n) is 3.28. The second kappa shape index (κ2) is 9.70. The van der Waals surface area contributed by atoms with Crippen molar-refractivity contribution in [1.82, 2.24) is 9.80 Å². The van der Waals surface area contributed by atoms with Gasteiger partial charge >= 0.3 is 5.97 Å². The third kappa shape index (κ3) is 7.40. The predicted molar refractivity (Wildman–Crippen MR) is 77.2 cm³/mol. The molecule has 0 aromatic heterocycles. The van der Waals surface area contributed by atoms with Crippen LogP contribution in [0.3, 0.4) is 0 Å². The quantitative estimate of drug-likeness (QED) is 0.606. The van der Waals surface area contributed by atoms with E-state index >= 15 is 0 Å². The van der Waals surface area contributed by atoms with Gasteiger partial charge < -0.3 is 19.5 Å². The number of carboxylic acid groups (broad SMARTS) is 1. The van der Waals surface area contributed by atoms with Crippen LogP contribution >= 0.6 is 0 Å². The topological polar surface area (TPSA) is 79.3 Å². The van der Waals surface area contributed by atoms with Crippen molar-refractivity contribution < 1.29 is 24.2 Å². The standard InChI is InChI=1S/C14H26N2O5/c1-3-4-6-20-11-13(17)16-5-7-21-12(9-16)8-15(2)10-14(18)19/h12H,3-11H2,1-2H3,(H,18,19). The molecule has 1 aliphatic rings. The highest BCUT2D eigenvalue weighted by atomic mass is 16.5. The fourth-order valence-corrected chi connectivity index (χ4v) is 2.20. The lowest BCUT2D eigenvalue weighted by molar-refractivity contribution is -0.145. The Hall–Kier alpha value is -1.18. The number of rotatable bonds is 9. The smallest absolute Gasteiger partial charge is 0.317 e. The van der Waals surface area contributed by atoms with Gasteiger partial charge in [-0.2, -0.15) is 0 Å². The Bertz CT molecular complexity index is 337. The van der Waals surface area contributed by atoms with Crippen LogP contribution in [-0.2, 0) is 19.1 Å². The Kier molecular flexibility index (Phi) is 8.26. The first kappa shape index (κ1) is 17.9. The van der Waals surface area contributed by atoms with Crippen LogP contribution < -0.4 is 0 Å². The summed E-state index contributed by atoms with van der Waals surface area (Å²) in [6.45, 7) is 4.78. The Labute approximate surface area is 125 Å². The van der Waals surface area contributed by atoms with Gasteiger partial charge in [-0.3, -0.25) is 14.5 Å². The number of aliphatic carboxylic acids is 1. The molecule has 1 heterocycles. The molecule has 0 bridgehead atoms. The van der Waals surface area contributed by atoms with Crippen molar-refractivity contribution in [3.63, 3.8) is 0 Å². The Morgan fingerprint density at radius 1 is 1.48 bits per heavy atom. The third-order valence-corrected chi connectivity index (χ3v) is 3.28. The summed E-state index contributed by atoms with van der Waals surface area (Å²) in [7, 11) is 1.73. The summed E-state index contributed by atoms with van der Waals surface area (Å²) in [4.78, 5) is 26.1. The molecule has 21 heavy (non-hydrogen) atoms. The van der Waals surface area contributed by atoms with Gasteiger partial charge in [0.25, 0.3) is 0 Å². The van der Waals surface area contributed by atoms with Gasteiger partial charge in [0.15, 0.2) is 0 Å². The maximum Gasteiger partial charge on any atom is 0.317 e. The van der Waals surface area contributed by atoms with Crippen LogP contribution in [0, 0.1) is 0 Å². The lowest BCUT2D eigenvalue weighted by Gasteiger charge is -2.34. The highest BCUT2D eigenvalue weighted by molar-refractivity contribution is 5.77. The maximum atomic E-state index is 12.0. The zero-order valence-corrected chi connectivity index (χ0v) is 12.9. The minimum Gasteiger partial charge on any atom is -0.480 e. The number of carboxylic acids is 1. The molecule has 1 aliphatic heterocycles. The number of morpholine rings is 1. The fourth-order valence-electron chi connectivity index (χ4n) is 2.20. The molecule has 1 amide bonds. The van der Waals surface area contributed by atoms with Crippen molar-refractivity contribution in [3.05, 3.63) is 0 Å². The number of hydrogen-bond donors (Lipinski definition) is 1. The first-order valence-electron chi connectivity index (χ1n) is 7.40. The first-order chi connectivity index (χ1) is 10.0. The molecule has 122 valence electrons. The Morgan fingerprint density at radius 3 is 2.90 bits per heavy atom. The highest BCUT2D eigenvalue weighted by Gasteiger charge is 2.25. The molecular formula is C14H26N2O5. The SMILES string of the molecule is CCCCOCC(=O)N1CCOC(CN(C)CC(=O)O)C1. The van der Waals surface area contributed by atoms with Crippen molar-refractivity contribution in [2.24, 2.45) is 0 Å². The molecule has 1 atom stereocenters. The number of carbonyl (C=O) groups excluding carboxylic acids is 1. The van der Waals surface area contributed by atoms with E-state index in [2.05, 4.69) is 6.92 Å². The molecule has 0 aliphatic carbocycles. The average Bonchev–Trinajstić information content (AvgIpc) is 2.42. The molecule has 0 aromatic rings. The molecule has 1 fully saturated rings. The number of ether oxygens (including phenoxy) is 2. The van der Waals surface area contributed by atoms with Crippen molar-refractivity contribution in [2.45, 2.75) is 25.9 Å². The maximum absolute atomic E-state index is 12.0. The molecule has 1 unspecified atom stereocenters. The summed E-state index contributed by atoms with van der Waals surface area (Å²) >= 11 is 0. The summed E-state index contributed by atoms with van der Waals surface area (Å²) in [5.41, 5.74) is 0. The Morgan fingerprint density at radius 2 is 2.24 bits per heavy atom. The van der Waals surface area contributed by atoms with E-state index in [9.17, 15) is 9.59 Å². The van der Waals surface area contributed by atoms with Gasteiger partial charge in [-0.25, -0.2) is 0 Å². The summed E-state index contributed by atoms with van der Waals surface area (Å²) < 4.78 is 10.9. The highest BCUT2D eigenvalue weighted by Crippen LogP contribution is 2.07. The van der Waals surface area contributed by atoms with Crippen LogP contribution in [0.25, 0.3) is 0 Å². The van der Waals surface area contributed by atoms with E-state index in [1.54, 1.807) is 16.8 Å². The molecule has 1 N–H and O–H groups in total. The summed E-state index contributed by atoms with van der Waals surface area (Å²) in [5.74, 6) is -0.897. The van der Waals surface area contributed by atoms with Gasteiger partial charge in [-0.15, -0.1) is 0 Å². The van der Waals surface area contributed by atoms with E-state index in [-0.39, 0.29) is 25.2 Å². The van der Waals surface area contributed by atoms with Gasteiger partial charge in [-0.1, -0.05) is 13.3 Å². The zero-order chi connectivity index (χ0) is 15.7. The van der Waals surface area contributed by atoms with E-state index in [0.717, 1.165) is 12.8 Å². The van der Waals surface area contributed by atoms with Crippen LogP contribution in [0.1, 0.15) is 19.8 Å². The van der Waals surface area contributed by atoms with Gasteiger partial charge in [0, 0.05) is 26.2 Å². The van der Waals surface area contributed by atoms with Gasteiger partial charge in [0.05, 0.1) is 19.3 Å². The molecule has 0 aromatic carbocycles. The summed E-state index contributed by atoms with van der Waals surface area (Å²) in [6.07, 6.45) is 1.85. The minimum absolute atomic E-state index is 0.0275. The number of carbonyl (C=O) groups is 2. The summed E-state index contributed by atoms with van der Waals surface area (Å²) in [5, 5.41) is 8.73. The molecule has 7 nitrogen and oxygen atoms in total. The molecule has 0 saturated carbocycles. The molecule has 1 rings (SSSR count). The molecular weight excluding hydrogens is 276 g/mol. The lowest BCUT2D eigenvalue weighted by atomic mass is 10.2. The number of hydrogen-bond acceptors (Lipinski definition) is 5. The fraction of sp³-hybridized carbons (Fsp3) is 0.857. The van der Waals surface area contributed by atoms with Gasteiger partial charge in [-0.05, 0) is 13.5 Å². The van der Waals surface area contributed by atoms with Crippen LogP contribution in [0.4, 0.5) is 0 Å². The monoisotopic (exact) mass is 302 g/mol. The van der Waals surface area contributed by atoms with Crippen LogP contribution in [-0.4, -0.2) is 85.9 Å². The number of likely N-dealkylation sites (N-methyl/N-ethyl adjacent to an activating group) is 1. The number of unbranched alkanes of at least 4 members (excludes halogenated alkanes) is 1. The van der Waals surface area contributed by atoms with E-state index in [0.29, 0.717) is 32.8 Å². The normalized spacial score (nSPS) is 19.0. The van der Waals surface area contributed by atoms with E-state index in [1.807, 2.05) is 0 Å². The van der Waals surface area contributed by atoms with Crippen molar-refractivity contribution >= 4 is 11.9 Å². The molecule has 1 saturated heterocycles. The second-order valence-corrected chi connectivity index (χ2v) is 5.33. The van der Waals surface area contributed by atoms with Crippen molar-refractivity contribution in [3.8, 4) is 0 Å². The van der Waals surface area contributed by atoms with E-state index in [1.165, 1.54) is 0 Å². The van der Waals surface area contributed by atoms with Crippen LogP contribution in [0.2, 0.25) is 0 Å². The largest absolute Gasteiger partial charge is 0.480 e. The summed E-state index contributed by atoms with van der Waals surface area (Å²) in [6, 6.07) is 0. The average molecular weight is 302 g/mol.